The molecule has 1 saturated carbocycles. The monoisotopic (exact) mass is 264 g/mol. The molecule has 1 aliphatic carbocycles. The largest absolute Gasteiger partial charge is 0.495 e. The number of methoxy groups -OCH3 is 1. The van der Waals surface area contributed by atoms with E-state index in [0.717, 1.165) is 40.4 Å². The Hall–Kier alpha value is -1.40. The summed E-state index contributed by atoms with van der Waals surface area (Å²) in [6.45, 7) is 4.57. The Balaban J connectivity index is 2.26. The average Bonchev–Trinajstić information content (AvgIpc) is 3.15. The average molecular weight is 265 g/mol. The molecule has 2 rings (SSSR count). The number of nitriles is 1. The van der Waals surface area contributed by atoms with E-state index in [4.69, 9.17) is 21.6 Å². The molecule has 0 spiro atoms. The summed E-state index contributed by atoms with van der Waals surface area (Å²) in [5, 5.41) is 13.2. The summed E-state index contributed by atoms with van der Waals surface area (Å²) >= 11 is 6.25. The van der Waals surface area contributed by atoms with E-state index in [9.17, 15) is 0 Å². The lowest BCUT2D eigenvalue weighted by atomic mass is 10.1. The molecule has 0 aromatic heterocycles. The van der Waals surface area contributed by atoms with Gasteiger partial charge in [0, 0.05) is 11.6 Å². The molecule has 96 valence electrons. The molecule has 1 aromatic carbocycles. The van der Waals surface area contributed by atoms with Gasteiger partial charge in [-0.3, -0.25) is 0 Å². The molecule has 0 unspecified atom stereocenters. The Morgan fingerprint density at radius 1 is 1.50 bits per heavy atom. The number of anilines is 1. The molecular formula is C14H17ClN2O. The third kappa shape index (κ3) is 2.26. The van der Waals surface area contributed by atoms with Crippen LogP contribution in [0.1, 0.15) is 24.0 Å². The van der Waals surface area contributed by atoms with E-state index in [2.05, 4.69) is 11.4 Å². The SMILES string of the molecule is COc1cc(C)c(Cl)c(C)c1NCC1(C#N)CC1. The first-order chi connectivity index (χ1) is 8.53. The Kier molecular flexibility index (Phi) is 3.41. The minimum absolute atomic E-state index is 0.186. The molecule has 0 amide bonds. The highest BCUT2D eigenvalue weighted by molar-refractivity contribution is 6.32. The number of hydrogen-bond acceptors (Lipinski definition) is 3. The second-order valence-electron chi connectivity index (χ2n) is 4.96. The van der Waals surface area contributed by atoms with E-state index in [1.54, 1.807) is 7.11 Å². The van der Waals surface area contributed by atoms with Crippen LogP contribution in [0.5, 0.6) is 5.75 Å². The smallest absolute Gasteiger partial charge is 0.142 e. The molecule has 1 aromatic rings. The number of aryl methyl sites for hydroxylation is 1. The lowest BCUT2D eigenvalue weighted by Crippen LogP contribution is -2.15. The number of halogens is 1. The molecule has 1 aliphatic rings. The lowest BCUT2D eigenvalue weighted by molar-refractivity contribution is 0.415. The molecule has 0 radical (unpaired) electrons. The van der Waals surface area contributed by atoms with Gasteiger partial charge < -0.3 is 10.1 Å². The van der Waals surface area contributed by atoms with E-state index in [1.165, 1.54) is 0 Å². The van der Waals surface area contributed by atoms with Crippen LogP contribution in [0.3, 0.4) is 0 Å². The maximum atomic E-state index is 9.08. The van der Waals surface area contributed by atoms with Crippen LogP contribution in [0.25, 0.3) is 0 Å². The fraction of sp³-hybridized carbons (Fsp3) is 0.500. The Labute approximate surface area is 113 Å². The van der Waals surface area contributed by atoms with Crippen molar-refractivity contribution in [2.24, 2.45) is 5.41 Å². The molecular weight excluding hydrogens is 248 g/mol. The van der Waals surface area contributed by atoms with Crippen LogP contribution < -0.4 is 10.1 Å². The van der Waals surface area contributed by atoms with Crippen LogP contribution in [0.4, 0.5) is 5.69 Å². The zero-order chi connectivity index (χ0) is 13.3. The Morgan fingerprint density at radius 2 is 2.17 bits per heavy atom. The number of hydrogen-bond donors (Lipinski definition) is 1. The number of nitrogens with one attached hydrogen (secondary N) is 1. The van der Waals surface area contributed by atoms with Crippen LogP contribution in [-0.2, 0) is 0 Å². The summed E-state index contributed by atoms with van der Waals surface area (Å²) in [7, 11) is 1.64. The van der Waals surface area contributed by atoms with Crippen LogP contribution in [0, 0.1) is 30.6 Å². The quantitative estimate of drug-likeness (QED) is 0.902. The molecule has 0 heterocycles. The van der Waals surface area contributed by atoms with Gasteiger partial charge in [0.15, 0.2) is 0 Å². The molecule has 0 aliphatic heterocycles. The van der Waals surface area contributed by atoms with Gasteiger partial charge >= 0.3 is 0 Å². The maximum Gasteiger partial charge on any atom is 0.142 e. The predicted molar refractivity (Wildman–Crippen MR) is 73.2 cm³/mol. The van der Waals surface area contributed by atoms with Gasteiger partial charge in [-0.25, -0.2) is 0 Å². The van der Waals surface area contributed by atoms with Gasteiger partial charge in [0.1, 0.15) is 5.75 Å². The van der Waals surface area contributed by atoms with Crippen LogP contribution in [0.15, 0.2) is 6.07 Å². The van der Waals surface area contributed by atoms with Crippen LogP contribution in [0.2, 0.25) is 5.02 Å². The first-order valence-electron chi connectivity index (χ1n) is 6.02. The highest BCUT2D eigenvalue weighted by Gasteiger charge is 2.43. The highest BCUT2D eigenvalue weighted by Crippen LogP contribution is 2.46. The Morgan fingerprint density at radius 3 is 2.67 bits per heavy atom. The standard InChI is InChI=1S/C14H17ClN2O/c1-9-6-11(18-3)13(10(2)12(9)15)17-8-14(7-16)4-5-14/h6,17H,4-5,8H2,1-3H3. The zero-order valence-corrected chi connectivity index (χ0v) is 11.7. The predicted octanol–water partition coefficient (Wildman–Crippen LogP) is 3.68. The number of rotatable bonds is 4. The van der Waals surface area contributed by atoms with Gasteiger partial charge in [-0.1, -0.05) is 11.6 Å². The van der Waals surface area contributed by atoms with Crippen LogP contribution >= 0.6 is 11.6 Å². The van der Waals surface area contributed by atoms with Crippen molar-refractivity contribution in [3.8, 4) is 11.8 Å². The zero-order valence-electron chi connectivity index (χ0n) is 10.9. The summed E-state index contributed by atoms with van der Waals surface area (Å²) in [6.07, 6.45) is 1.94. The molecule has 1 fully saturated rings. The molecule has 18 heavy (non-hydrogen) atoms. The number of ether oxygens (including phenoxy) is 1. The van der Waals surface area contributed by atoms with Gasteiger partial charge in [-0.15, -0.1) is 0 Å². The van der Waals surface area contributed by atoms with Crippen molar-refractivity contribution >= 4 is 17.3 Å². The minimum Gasteiger partial charge on any atom is -0.495 e. The molecule has 4 heteroatoms. The van der Waals surface area contributed by atoms with Crippen LogP contribution in [-0.4, -0.2) is 13.7 Å². The third-order valence-corrected chi connectivity index (χ3v) is 4.14. The summed E-state index contributed by atoms with van der Waals surface area (Å²) in [6, 6.07) is 4.29. The van der Waals surface area contributed by atoms with Crippen molar-refractivity contribution in [3.05, 3.63) is 22.2 Å². The summed E-state index contributed by atoms with van der Waals surface area (Å²) < 4.78 is 5.38. The number of nitrogens with zero attached hydrogens (tertiary/aromatic N) is 1. The van der Waals surface area contributed by atoms with Crippen molar-refractivity contribution in [1.82, 2.24) is 0 Å². The van der Waals surface area contributed by atoms with Gasteiger partial charge in [0.05, 0.1) is 24.3 Å². The van der Waals surface area contributed by atoms with Crippen molar-refractivity contribution in [2.45, 2.75) is 26.7 Å². The third-order valence-electron chi connectivity index (χ3n) is 3.56. The Bertz CT molecular complexity index is 516. The molecule has 3 nitrogen and oxygen atoms in total. The highest BCUT2D eigenvalue weighted by atomic mass is 35.5. The maximum absolute atomic E-state index is 9.08. The minimum atomic E-state index is -0.186. The van der Waals surface area contributed by atoms with Crippen molar-refractivity contribution in [1.29, 1.82) is 5.26 Å². The first kappa shape index (κ1) is 13.0. The fourth-order valence-electron chi connectivity index (χ4n) is 2.04. The van der Waals surface area contributed by atoms with Gasteiger partial charge in [-0.05, 0) is 43.9 Å². The summed E-state index contributed by atoms with van der Waals surface area (Å²) in [5.41, 5.74) is 2.68. The lowest BCUT2D eigenvalue weighted by Gasteiger charge is -2.18. The van der Waals surface area contributed by atoms with E-state index < -0.39 is 0 Å². The number of benzene rings is 1. The first-order valence-corrected chi connectivity index (χ1v) is 6.39. The normalized spacial score (nSPS) is 15.9. The molecule has 1 N–H and O–H groups in total. The second kappa shape index (κ2) is 4.70. The topological polar surface area (TPSA) is 45.0 Å². The van der Waals surface area contributed by atoms with Gasteiger partial charge in [0.2, 0.25) is 0 Å². The van der Waals surface area contributed by atoms with Gasteiger partial charge in [0.25, 0.3) is 0 Å². The van der Waals surface area contributed by atoms with Crippen molar-refractivity contribution in [3.63, 3.8) is 0 Å². The molecule has 0 bridgehead atoms. The van der Waals surface area contributed by atoms with Crippen molar-refractivity contribution < 1.29 is 4.74 Å². The summed E-state index contributed by atoms with van der Waals surface area (Å²) in [5.74, 6) is 0.781. The molecule has 0 saturated heterocycles. The van der Waals surface area contributed by atoms with Gasteiger partial charge in [-0.2, -0.15) is 5.26 Å². The molecule has 0 atom stereocenters. The van der Waals surface area contributed by atoms with E-state index in [0.29, 0.717) is 6.54 Å². The summed E-state index contributed by atoms with van der Waals surface area (Å²) in [4.78, 5) is 0. The van der Waals surface area contributed by atoms with E-state index in [1.807, 2.05) is 19.9 Å². The van der Waals surface area contributed by atoms with E-state index >= 15 is 0 Å². The van der Waals surface area contributed by atoms with Crippen molar-refractivity contribution in [2.75, 3.05) is 19.0 Å². The second-order valence-corrected chi connectivity index (χ2v) is 5.33. The van der Waals surface area contributed by atoms with E-state index in [-0.39, 0.29) is 5.41 Å². The fourth-order valence-corrected chi connectivity index (χ4v) is 2.19.